The number of nitrogens with zero attached hydrogens (tertiary/aromatic N) is 2. The molecule has 0 saturated heterocycles. The van der Waals surface area contributed by atoms with E-state index in [1.165, 1.54) is 19.3 Å². The maximum atomic E-state index is 11.9. The van der Waals surface area contributed by atoms with Crippen LogP contribution in [0.15, 0.2) is 15.5 Å². The summed E-state index contributed by atoms with van der Waals surface area (Å²) >= 11 is 3.30. The van der Waals surface area contributed by atoms with Crippen molar-refractivity contribution in [2.75, 3.05) is 12.4 Å². The van der Waals surface area contributed by atoms with Gasteiger partial charge in [-0.05, 0) is 34.7 Å². The van der Waals surface area contributed by atoms with E-state index in [0.717, 1.165) is 11.0 Å². The molecule has 1 fully saturated rings. The molecule has 0 radical (unpaired) electrons. The van der Waals surface area contributed by atoms with Crippen LogP contribution in [0.1, 0.15) is 19.3 Å². The van der Waals surface area contributed by atoms with E-state index >= 15 is 0 Å². The lowest BCUT2D eigenvalue weighted by molar-refractivity contribution is 0.262. The van der Waals surface area contributed by atoms with Gasteiger partial charge in [-0.1, -0.05) is 6.42 Å². The van der Waals surface area contributed by atoms with E-state index in [0.29, 0.717) is 11.6 Å². The lowest BCUT2D eigenvalue weighted by atomic mass is 9.85. The van der Waals surface area contributed by atoms with Crippen molar-refractivity contribution in [1.29, 1.82) is 0 Å². The molecule has 1 aromatic heterocycles. The lowest BCUT2D eigenvalue weighted by Crippen LogP contribution is -2.30. The summed E-state index contributed by atoms with van der Waals surface area (Å²) in [5, 5.41) is 7.02. The standard InChI is InChI=1S/C10H14BrN3O/c1-12-9-8(11)5-13-14(10(9)15)6-7-3-2-4-7/h5,7,12H,2-4,6H2,1H3. The van der Waals surface area contributed by atoms with Gasteiger partial charge in [-0.2, -0.15) is 5.10 Å². The van der Waals surface area contributed by atoms with Crippen molar-refractivity contribution in [1.82, 2.24) is 9.78 Å². The van der Waals surface area contributed by atoms with Crippen LogP contribution < -0.4 is 10.9 Å². The van der Waals surface area contributed by atoms with E-state index in [2.05, 4.69) is 26.3 Å². The number of hydrogen-bond donors (Lipinski definition) is 1. The molecule has 1 aliphatic carbocycles. The fraction of sp³-hybridized carbons (Fsp3) is 0.600. The minimum absolute atomic E-state index is 0.0428. The summed E-state index contributed by atoms with van der Waals surface area (Å²) in [7, 11) is 1.75. The van der Waals surface area contributed by atoms with Crippen molar-refractivity contribution >= 4 is 21.6 Å². The minimum Gasteiger partial charge on any atom is -0.383 e. The molecule has 1 aromatic rings. The molecular weight excluding hydrogens is 258 g/mol. The first-order valence-corrected chi connectivity index (χ1v) is 5.95. The van der Waals surface area contributed by atoms with Crippen molar-refractivity contribution in [2.45, 2.75) is 25.8 Å². The first-order chi connectivity index (χ1) is 7.22. The molecule has 0 bridgehead atoms. The molecule has 1 heterocycles. The van der Waals surface area contributed by atoms with Gasteiger partial charge < -0.3 is 5.32 Å². The summed E-state index contributed by atoms with van der Waals surface area (Å²) in [6.07, 6.45) is 5.40. The zero-order valence-corrected chi connectivity index (χ0v) is 10.2. The van der Waals surface area contributed by atoms with Crippen LogP contribution in [0, 0.1) is 5.92 Å². The highest BCUT2D eigenvalue weighted by Crippen LogP contribution is 2.27. The minimum atomic E-state index is -0.0428. The molecule has 4 nitrogen and oxygen atoms in total. The fourth-order valence-electron chi connectivity index (χ4n) is 1.74. The lowest BCUT2D eigenvalue weighted by Gasteiger charge is -2.25. The van der Waals surface area contributed by atoms with E-state index in [-0.39, 0.29) is 5.56 Å². The zero-order valence-electron chi connectivity index (χ0n) is 8.66. The van der Waals surface area contributed by atoms with Crippen molar-refractivity contribution in [2.24, 2.45) is 5.92 Å². The average molecular weight is 272 g/mol. The maximum absolute atomic E-state index is 11.9. The van der Waals surface area contributed by atoms with Gasteiger partial charge in [0.25, 0.3) is 5.56 Å². The van der Waals surface area contributed by atoms with Gasteiger partial charge in [-0.3, -0.25) is 4.79 Å². The van der Waals surface area contributed by atoms with E-state index in [9.17, 15) is 4.79 Å². The Morgan fingerprint density at radius 2 is 2.40 bits per heavy atom. The Bertz CT molecular complexity index is 412. The Balaban J connectivity index is 2.27. The monoisotopic (exact) mass is 271 g/mol. The molecule has 2 rings (SSSR count). The van der Waals surface area contributed by atoms with Gasteiger partial charge in [0.1, 0.15) is 5.69 Å². The SMILES string of the molecule is CNc1c(Br)cnn(CC2CCC2)c1=O. The molecule has 0 aromatic carbocycles. The smallest absolute Gasteiger partial charge is 0.291 e. The van der Waals surface area contributed by atoms with Crippen LogP contribution in [0.3, 0.4) is 0 Å². The largest absolute Gasteiger partial charge is 0.383 e. The highest BCUT2D eigenvalue weighted by atomic mass is 79.9. The molecule has 15 heavy (non-hydrogen) atoms. The highest BCUT2D eigenvalue weighted by Gasteiger charge is 2.19. The zero-order chi connectivity index (χ0) is 10.8. The molecule has 0 unspecified atom stereocenters. The second-order valence-electron chi connectivity index (χ2n) is 3.90. The van der Waals surface area contributed by atoms with Crippen molar-refractivity contribution in [3.05, 3.63) is 21.0 Å². The molecule has 0 aliphatic heterocycles. The summed E-state index contributed by atoms with van der Waals surface area (Å²) in [5.41, 5.74) is 0.545. The molecule has 1 saturated carbocycles. The van der Waals surface area contributed by atoms with E-state index in [1.807, 2.05) is 0 Å². The van der Waals surface area contributed by atoms with Gasteiger partial charge in [-0.25, -0.2) is 4.68 Å². The Labute approximate surface area is 96.8 Å². The van der Waals surface area contributed by atoms with Crippen LogP contribution in [-0.4, -0.2) is 16.8 Å². The third-order valence-electron chi connectivity index (χ3n) is 2.90. The number of aromatic nitrogens is 2. The van der Waals surface area contributed by atoms with Gasteiger partial charge in [-0.15, -0.1) is 0 Å². The fourth-order valence-corrected chi connectivity index (χ4v) is 2.20. The predicted octanol–water partition coefficient (Wildman–Crippen LogP) is 1.85. The second-order valence-corrected chi connectivity index (χ2v) is 4.76. The number of nitrogens with one attached hydrogen (secondary N) is 1. The molecule has 0 spiro atoms. The maximum Gasteiger partial charge on any atom is 0.291 e. The molecule has 0 amide bonds. The normalized spacial score (nSPS) is 16.1. The van der Waals surface area contributed by atoms with E-state index in [4.69, 9.17) is 0 Å². The van der Waals surface area contributed by atoms with Gasteiger partial charge in [0, 0.05) is 13.6 Å². The summed E-state index contributed by atoms with van der Waals surface area (Å²) in [4.78, 5) is 11.9. The van der Waals surface area contributed by atoms with Crippen LogP contribution in [0.2, 0.25) is 0 Å². The van der Waals surface area contributed by atoms with Crippen molar-refractivity contribution < 1.29 is 0 Å². The molecular formula is C10H14BrN3O. The number of hydrogen-bond acceptors (Lipinski definition) is 3. The van der Waals surface area contributed by atoms with Crippen LogP contribution in [0.25, 0.3) is 0 Å². The highest BCUT2D eigenvalue weighted by molar-refractivity contribution is 9.10. The Morgan fingerprint density at radius 1 is 1.67 bits per heavy atom. The second kappa shape index (κ2) is 4.35. The third kappa shape index (κ3) is 2.07. The van der Waals surface area contributed by atoms with Gasteiger partial charge in [0.15, 0.2) is 0 Å². The Morgan fingerprint density at radius 3 is 2.93 bits per heavy atom. The Kier molecular flexibility index (Phi) is 3.09. The van der Waals surface area contributed by atoms with Gasteiger partial charge >= 0.3 is 0 Å². The number of rotatable bonds is 3. The summed E-state index contributed by atoms with van der Waals surface area (Å²) < 4.78 is 2.28. The van der Waals surface area contributed by atoms with Gasteiger partial charge in [0.2, 0.25) is 0 Å². The van der Waals surface area contributed by atoms with E-state index in [1.54, 1.807) is 17.9 Å². The molecule has 0 atom stereocenters. The molecule has 1 aliphatic rings. The quantitative estimate of drug-likeness (QED) is 0.913. The summed E-state index contributed by atoms with van der Waals surface area (Å²) in [6.45, 7) is 0.751. The third-order valence-corrected chi connectivity index (χ3v) is 3.50. The van der Waals surface area contributed by atoms with Gasteiger partial charge in [0.05, 0.1) is 10.7 Å². The van der Waals surface area contributed by atoms with Crippen LogP contribution >= 0.6 is 15.9 Å². The van der Waals surface area contributed by atoms with E-state index < -0.39 is 0 Å². The topological polar surface area (TPSA) is 46.9 Å². The predicted molar refractivity (Wildman–Crippen MR) is 63.1 cm³/mol. The first-order valence-electron chi connectivity index (χ1n) is 5.15. The number of anilines is 1. The molecule has 5 heteroatoms. The molecule has 82 valence electrons. The molecule has 1 N–H and O–H groups in total. The number of halogens is 1. The average Bonchev–Trinajstić information content (AvgIpc) is 2.15. The van der Waals surface area contributed by atoms with Crippen LogP contribution in [0.5, 0.6) is 0 Å². The van der Waals surface area contributed by atoms with Crippen molar-refractivity contribution in [3.8, 4) is 0 Å². The first kappa shape index (κ1) is 10.7. The summed E-state index contributed by atoms with van der Waals surface area (Å²) in [6, 6.07) is 0. The Hall–Kier alpha value is -0.840. The van der Waals surface area contributed by atoms with Crippen molar-refractivity contribution in [3.63, 3.8) is 0 Å². The van der Waals surface area contributed by atoms with Crippen LogP contribution in [0.4, 0.5) is 5.69 Å². The summed E-state index contributed by atoms with van der Waals surface area (Å²) in [5.74, 6) is 0.640. The van der Waals surface area contributed by atoms with Crippen LogP contribution in [-0.2, 0) is 6.54 Å².